The molecule has 2 rings (SSSR count). The van der Waals surface area contributed by atoms with Crippen molar-refractivity contribution in [2.45, 2.75) is 24.3 Å². The predicted octanol–water partition coefficient (Wildman–Crippen LogP) is 2.97. The van der Waals surface area contributed by atoms with E-state index in [9.17, 15) is 26.7 Å². The van der Waals surface area contributed by atoms with Crippen molar-refractivity contribution < 1.29 is 31.4 Å². The smallest absolute Gasteiger partial charge is 0.406 e. The van der Waals surface area contributed by atoms with E-state index in [2.05, 4.69) is 9.46 Å². The second-order valence-electron chi connectivity index (χ2n) is 4.85. The molecule has 1 atom stereocenters. The Hall–Kier alpha value is -1.62. The van der Waals surface area contributed by atoms with Crippen LogP contribution in [-0.2, 0) is 10.0 Å². The first-order chi connectivity index (χ1) is 11.1. The van der Waals surface area contributed by atoms with E-state index < -0.39 is 28.2 Å². The SMILES string of the molecule is Cc1ccsc1[C@H](O)CNS(=O)(=O)c1ccc(OC(F)(F)F)cc1. The van der Waals surface area contributed by atoms with Crippen LogP contribution < -0.4 is 9.46 Å². The van der Waals surface area contributed by atoms with Crippen LogP contribution in [0.3, 0.4) is 0 Å². The number of alkyl halides is 3. The molecule has 1 aromatic heterocycles. The summed E-state index contributed by atoms with van der Waals surface area (Å²) in [6.45, 7) is 1.55. The van der Waals surface area contributed by atoms with Gasteiger partial charge in [0.2, 0.25) is 10.0 Å². The molecule has 10 heteroatoms. The molecule has 0 aliphatic heterocycles. The molecular formula is C14H14F3NO4S2. The quantitative estimate of drug-likeness (QED) is 0.807. The standard InChI is InChI=1S/C14H14F3NO4S2/c1-9-6-7-23-13(9)12(19)8-18-24(20,21)11-4-2-10(3-5-11)22-14(15,16)17/h2-7,12,18-19H,8H2,1H3/t12-/m1/s1. The summed E-state index contributed by atoms with van der Waals surface area (Å²) >= 11 is 1.30. The Morgan fingerprint density at radius 3 is 2.38 bits per heavy atom. The first-order valence-corrected chi connectivity index (χ1v) is 9.02. The fourth-order valence-electron chi connectivity index (χ4n) is 1.91. The average molecular weight is 381 g/mol. The topological polar surface area (TPSA) is 75.6 Å². The van der Waals surface area contributed by atoms with Crippen LogP contribution in [0.1, 0.15) is 16.5 Å². The Balaban J connectivity index is 2.03. The molecule has 0 aliphatic carbocycles. The molecule has 0 fully saturated rings. The minimum Gasteiger partial charge on any atom is -0.406 e. The van der Waals surface area contributed by atoms with Crippen LogP contribution in [0.25, 0.3) is 0 Å². The number of thiophene rings is 1. The van der Waals surface area contributed by atoms with E-state index in [0.717, 1.165) is 29.8 Å². The van der Waals surface area contributed by atoms with Gasteiger partial charge in [-0.25, -0.2) is 13.1 Å². The Bertz CT molecular complexity index is 785. The molecule has 1 heterocycles. The molecule has 24 heavy (non-hydrogen) atoms. The fourth-order valence-corrected chi connectivity index (χ4v) is 3.86. The van der Waals surface area contributed by atoms with Crippen LogP contribution in [0.4, 0.5) is 13.2 Å². The Kier molecular flexibility index (Phi) is 5.53. The molecular weight excluding hydrogens is 367 g/mol. The van der Waals surface area contributed by atoms with Gasteiger partial charge in [-0.1, -0.05) is 0 Å². The Morgan fingerprint density at radius 1 is 1.25 bits per heavy atom. The zero-order chi connectivity index (χ0) is 18.0. The second kappa shape index (κ2) is 7.09. The van der Waals surface area contributed by atoms with E-state index >= 15 is 0 Å². The highest BCUT2D eigenvalue weighted by molar-refractivity contribution is 7.89. The number of ether oxygens (including phenoxy) is 1. The van der Waals surface area contributed by atoms with Gasteiger partial charge in [-0.3, -0.25) is 0 Å². The van der Waals surface area contributed by atoms with E-state index in [-0.39, 0.29) is 11.4 Å². The maximum Gasteiger partial charge on any atom is 0.573 e. The third-order valence-corrected chi connectivity index (χ3v) is 5.60. The molecule has 1 aromatic carbocycles. The lowest BCUT2D eigenvalue weighted by molar-refractivity contribution is -0.274. The van der Waals surface area contributed by atoms with Gasteiger partial charge in [0.05, 0.1) is 4.90 Å². The van der Waals surface area contributed by atoms with Crippen molar-refractivity contribution in [2.75, 3.05) is 6.54 Å². The van der Waals surface area contributed by atoms with Gasteiger partial charge in [0.25, 0.3) is 0 Å². The molecule has 0 spiro atoms. The third kappa shape index (κ3) is 4.94. The van der Waals surface area contributed by atoms with E-state index in [1.807, 2.05) is 0 Å². The number of sulfonamides is 1. The summed E-state index contributed by atoms with van der Waals surface area (Å²) in [7, 11) is -3.96. The van der Waals surface area contributed by atoms with E-state index in [1.54, 1.807) is 18.4 Å². The van der Waals surface area contributed by atoms with Crippen molar-refractivity contribution >= 4 is 21.4 Å². The number of hydrogen-bond acceptors (Lipinski definition) is 5. The molecule has 2 N–H and O–H groups in total. The Labute approximate surface area is 140 Å². The van der Waals surface area contributed by atoms with Gasteiger partial charge >= 0.3 is 6.36 Å². The lowest BCUT2D eigenvalue weighted by Gasteiger charge is -2.13. The first-order valence-electron chi connectivity index (χ1n) is 6.66. The van der Waals surface area contributed by atoms with Crippen LogP contribution in [0.5, 0.6) is 5.75 Å². The zero-order valence-electron chi connectivity index (χ0n) is 12.4. The number of nitrogens with one attached hydrogen (secondary N) is 1. The molecule has 0 bridgehead atoms. The number of aryl methyl sites for hydroxylation is 1. The van der Waals surface area contributed by atoms with Crippen molar-refractivity contribution in [3.63, 3.8) is 0 Å². The maximum absolute atomic E-state index is 12.1. The summed E-state index contributed by atoms with van der Waals surface area (Å²) in [5, 5.41) is 11.8. The van der Waals surface area contributed by atoms with Crippen molar-refractivity contribution in [2.24, 2.45) is 0 Å². The summed E-state index contributed by atoms with van der Waals surface area (Å²) in [6.07, 6.45) is -5.85. The van der Waals surface area contributed by atoms with Crippen LogP contribution in [0.15, 0.2) is 40.6 Å². The molecule has 0 saturated heterocycles. The van der Waals surface area contributed by atoms with E-state index in [0.29, 0.717) is 4.88 Å². The lowest BCUT2D eigenvalue weighted by atomic mass is 10.2. The highest BCUT2D eigenvalue weighted by atomic mass is 32.2. The molecule has 0 radical (unpaired) electrons. The first kappa shape index (κ1) is 18.7. The number of halogens is 3. The van der Waals surface area contributed by atoms with Gasteiger partial charge in [0.15, 0.2) is 0 Å². The minimum atomic E-state index is -4.85. The van der Waals surface area contributed by atoms with Gasteiger partial charge in [-0.05, 0) is 48.2 Å². The molecule has 0 unspecified atom stereocenters. The van der Waals surface area contributed by atoms with Crippen LogP contribution >= 0.6 is 11.3 Å². The number of benzene rings is 1. The summed E-state index contributed by atoms with van der Waals surface area (Å²) in [4.78, 5) is 0.416. The fraction of sp³-hybridized carbons (Fsp3) is 0.286. The third-order valence-electron chi connectivity index (χ3n) is 3.04. The van der Waals surface area contributed by atoms with Gasteiger partial charge in [0.1, 0.15) is 11.9 Å². The van der Waals surface area contributed by atoms with Gasteiger partial charge in [-0.2, -0.15) is 0 Å². The highest BCUT2D eigenvalue weighted by Gasteiger charge is 2.31. The predicted molar refractivity (Wildman–Crippen MR) is 82.3 cm³/mol. The largest absolute Gasteiger partial charge is 0.573 e. The van der Waals surface area contributed by atoms with E-state index in [4.69, 9.17) is 0 Å². The Morgan fingerprint density at radius 2 is 1.88 bits per heavy atom. The number of rotatable bonds is 6. The molecule has 2 aromatic rings. The van der Waals surface area contributed by atoms with Crippen molar-refractivity contribution in [1.29, 1.82) is 0 Å². The van der Waals surface area contributed by atoms with Crippen LogP contribution in [0, 0.1) is 6.92 Å². The van der Waals surface area contributed by atoms with Crippen molar-refractivity contribution in [3.05, 3.63) is 46.2 Å². The zero-order valence-corrected chi connectivity index (χ0v) is 14.0. The summed E-state index contributed by atoms with van der Waals surface area (Å²) in [5.41, 5.74) is 0.848. The van der Waals surface area contributed by atoms with Crippen molar-refractivity contribution in [3.8, 4) is 5.75 Å². The number of aliphatic hydroxyl groups excluding tert-OH is 1. The molecule has 0 saturated carbocycles. The van der Waals surface area contributed by atoms with E-state index in [1.165, 1.54) is 11.3 Å². The maximum atomic E-state index is 12.1. The number of aliphatic hydroxyl groups is 1. The summed E-state index contributed by atoms with van der Waals surface area (Å²) < 4.78 is 66.3. The second-order valence-corrected chi connectivity index (χ2v) is 7.57. The van der Waals surface area contributed by atoms with Crippen LogP contribution in [-0.4, -0.2) is 26.4 Å². The van der Waals surface area contributed by atoms with Crippen LogP contribution in [0.2, 0.25) is 0 Å². The monoisotopic (exact) mass is 381 g/mol. The van der Waals surface area contributed by atoms with Crippen molar-refractivity contribution in [1.82, 2.24) is 4.72 Å². The lowest BCUT2D eigenvalue weighted by Crippen LogP contribution is -2.28. The molecule has 5 nitrogen and oxygen atoms in total. The summed E-state index contributed by atoms with van der Waals surface area (Å²) in [6, 6.07) is 5.60. The van der Waals surface area contributed by atoms with Gasteiger partial charge in [-0.15, -0.1) is 24.5 Å². The number of hydrogen-bond donors (Lipinski definition) is 2. The molecule has 132 valence electrons. The average Bonchev–Trinajstić information content (AvgIpc) is 2.90. The minimum absolute atomic E-state index is 0.230. The normalized spacial score (nSPS) is 13.7. The molecule has 0 aliphatic rings. The molecule has 0 amide bonds. The summed E-state index contributed by atoms with van der Waals surface area (Å²) in [5.74, 6) is -0.518. The van der Waals surface area contributed by atoms with Gasteiger partial charge < -0.3 is 9.84 Å². The highest BCUT2D eigenvalue weighted by Crippen LogP contribution is 2.25. The van der Waals surface area contributed by atoms with Gasteiger partial charge in [0, 0.05) is 11.4 Å².